The first-order valence-corrected chi connectivity index (χ1v) is 8.03. The fourth-order valence-electron chi connectivity index (χ4n) is 3.52. The Morgan fingerprint density at radius 3 is 2.48 bits per heavy atom. The minimum Gasteiger partial charge on any atom is -0.481 e. The molecule has 5 nitrogen and oxygen atoms in total. The molecule has 5 heteroatoms. The summed E-state index contributed by atoms with van der Waals surface area (Å²) in [6.07, 6.45) is 5.41. The molecule has 0 aromatic heterocycles. The first-order valence-electron chi connectivity index (χ1n) is 8.03. The van der Waals surface area contributed by atoms with Crippen molar-refractivity contribution in [2.24, 2.45) is 10.8 Å². The Morgan fingerprint density at radius 2 is 1.81 bits per heavy atom. The lowest BCUT2D eigenvalue weighted by Gasteiger charge is -2.31. The van der Waals surface area contributed by atoms with Gasteiger partial charge in [-0.05, 0) is 44.4 Å². The third-order valence-corrected chi connectivity index (χ3v) is 5.37. The van der Waals surface area contributed by atoms with Gasteiger partial charge in [-0.25, -0.2) is 4.79 Å². The molecule has 1 aliphatic heterocycles. The number of nitrogens with zero attached hydrogens (tertiary/aromatic N) is 1. The Balaban J connectivity index is 1.96. The van der Waals surface area contributed by atoms with Gasteiger partial charge in [-0.15, -0.1) is 0 Å². The number of likely N-dealkylation sites (tertiary alicyclic amines) is 1. The summed E-state index contributed by atoms with van der Waals surface area (Å²) in [5.74, 6) is -0.803. The summed E-state index contributed by atoms with van der Waals surface area (Å²) in [4.78, 5) is 25.8. The molecule has 2 fully saturated rings. The summed E-state index contributed by atoms with van der Waals surface area (Å²) < 4.78 is 0. The molecular formula is C16H28N2O3. The lowest BCUT2D eigenvalue weighted by molar-refractivity contribution is -0.148. The number of carboxylic acid groups (broad SMARTS) is 1. The van der Waals surface area contributed by atoms with Crippen LogP contribution in [0.3, 0.4) is 0 Å². The lowest BCUT2D eigenvalue weighted by atomic mass is 9.85. The second-order valence-corrected chi connectivity index (χ2v) is 7.62. The zero-order chi connectivity index (χ0) is 15.7. The average molecular weight is 296 g/mol. The van der Waals surface area contributed by atoms with Crippen LogP contribution in [0.4, 0.5) is 4.79 Å². The Morgan fingerprint density at radius 1 is 1.10 bits per heavy atom. The molecule has 1 saturated heterocycles. The van der Waals surface area contributed by atoms with Crippen LogP contribution < -0.4 is 5.32 Å². The maximum atomic E-state index is 12.5. The molecule has 0 aromatic rings. The van der Waals surface area contributed by atoms with Crippen molar-refractivity contribution in [1.29, 1.82) is 0 Å². The molecule has 0 bridgehead atoms. The molecule has 120 valence electrons. The highest BCUT2D eigenvalue weighted by Gasteiger charge is 2.46. The molecule has 2 amide bonds. The largest absolute Gasteiger partial charge is 0.481 e. The molecule has 1 heterocycles. The number of hydrogen-bond donors (Lipinski definition) is 2. The van der Waals surface area contributed by atoms with E-state index in [1.807, 2.05) is 4.90 Å². The van der Waals surface area contributed by atoms with Gasteiger partial charge in [-0.2, -0.15) is 0 Å². The van der Waals surface area contributed by atoms with Crippen LogP contribution in [0.15, 0.2) is 0 Å². The molecule has 2 aliphatic rings. The topological polar surface area (TPSA) is 69.6 Å². The zero-order valence-corrected chi connectivity index (χ0v) is 13.4. The standard InChI is InChI=1S/C16H28N2O3/c1-15(2)7-5-10-18(11-9-15)14(21)17-12-6-4-8-16(12,3)13(19)20/h12H,4-11H2,1-3H3,(H,17,21)(H,19,20). The Hall–Kier alpha value is -1.26. The Labute approximate surface area is 127 Å². The normalized spacial score (nSPS) is 32.5. The number of amides is 2. The summed E-state index contributed by atoms with van der Waals surface area (Å²) in [6, 6.07) is -0.342. The molecular weight excluding hydrogens is 268 g/mol. The molecule has 2 atom stereocenters. The predicted molar refractivity (Wildman–Crippen MR) is 81.1 cm³/mol. The molecule has 0 spiro atoms. The second-order valence-electron chi connectivity index (χ2n) is 7.62. The quantitative estimate of drug-likeness (QED) is 0.823. The number of carboxylic acids is 1. The van der Waals surface area contributed by atoms with E-state index in [4.69, 9.17) is 0 Å². The van der Waals surface area contributed by atoms with E-state index in [2.05, 4.69) is 19.2 Å². The van der Waals surface area contributed by atoms with Gasteiger partial charge in [-0.1, -0.05) is 20.3 Å². The SMILES string of the molecule is CC1(C)CCCN(C(=O)NC2CCCC2(C)C(=O)O)CC1. The van der Waals surface area contributed by atoms with Crippen molar-refractivity contribution in [3.63, 3.8) is 0 Å². The van der Waals surface area contributed by atoms with E-state index in [0.717, 1.165) is 45.2 Å². The van der Waals surface area contributed by atoms with Crippen LogP contribution in [0.5, 0.6) is 0 Å². The first-order chi connectivity index (χ1) is 9.74. The molecule has 21 heavy (non-hydrogen) atoms. The second kappa shape index (κ2) is 5.85. The number of carbonyl (C=O) groups is 2. The van der Waals surface area contributed by atoms with Crippen molar-refractivity contribution >= 4 is 12.0 Å². The van der Waals surface area contributed by atoms with Crippen molar-refractivity contribution in [3.8, 4) is 0 Å². The molecule has 2 N–H and O–H groups in total. The average Bonchev–Trinajstić information content (AvgIpc) is 2.66. The van der Waals surface area contributed by atoms with E-state index in [1.54, 1.807) is 6.92 Å². The summed E-state index contributed by atoms with van der Waals surface area (Å²) in [6.45, 7) is 7.76. The molecule has 2 rings (SSSR count). The molecule has 1 aliphatic carbocycles. The molecule has 2 unspecified atom stereocenters. The van der Waals surface area contributed by atoms with Crippen molar-refractivity contribution in [1.82, 2.24) is 10.2 Å². The van der Waals surface area contributed by atoms with Crippen LogP contribution in [0, 0.1) is 10.8 Å². The van der Waals surface area contributed by atoms with Crippen molar-refractivity contribution < 1.29 is 14.7 Å². The van der Waals surface area contributed by atoms with Crippen LogP contribution in [-0.4, -0.2) is 41.1 Å². The number of carbonyl (C=O) groups excluding carboxylic acids is 1. The number of aliphatic carboxylic acids is 1. The van der Waals surface area contributed by atoms with Gasteiger partial charge >= 0.3 is 12.0 Å². The van der Waals surface area contributed by atoms with Gasteiger partial charge in [0, 0.05) is 19.1 Å². The zero-order valence-electron chi connectivity index (χ0n) is 13.4. The van der Waals surface area contributed by atoms with Gasteiger partial charge < -0.3 is 15.3 Å². The Bertz CT molecular complexity index is 422. The summed E-state index contributed by atoms with van der Waals surface area (Å²) in [7, 11) is 0. The maximum absolute atomic E-state index is 12.5. The van der Waals surface area contributed by atoms with Gasteiger partial charge in [0.1, 0.15) is 0 Å². The fourth-order valence-corrected chi connectivity index (χ4v) is 3.52. The van der Waals surface area contributed by atoms with E-state index in [0.29, 0.717) is 6.42 Å². The fraction of sp³-hybridized carbons (Fsp3) is 0.875. The smallest absolute Gasteiger partial charge is 0.317 e. The van der Waals surface area contributed by atoms with Crippen LogP contribution in [0.25, 0.3) is 0 Å². The van der Waals surface area contributed by atoms with Gasteiger partial charge in [0.2, 0.25) is 0 Å². The number of rotatable bonds is 2. The summed E-state index contributed by atoms with van der Waals surface area (Å²) in [5, 5.41) is 12.4. The van der Waals surface area contributed by atoms with Crippen LogP contribution in [0.1, 0.15) is 59.3 Å². The Kier molecular flexibility index (Phi) is 4.49. The first kappa shape index (κ1) is 16.1. The van der Waals surface area contributed by atoms with E-state index in [-0.39, 0.29) is 17.5 Å². The maximum Gasteiger partial charge on any atom is 0.317 e. The van der Waals surface area contributed by atoms with Gasteiger partial charge in [-0.3, -0.25) is 4.79 Å². The van der Waals surface area contributed by atoms with Crippen LogP contribution in [0.2, 0.25) is 0 Å². The van der Waals surface area contributed by atoms with E-state index >= 15 is 0 Å². The van der Waals surface area contributed by atoms with E-state index < -0.39 is 11.4 Å². The van der Waals surface area contributed by atoms with Crippen molar-refractivity contribution in [2.75, 3.05) is 13.1 Å². The predicted octanol–water partition coefficient (Wildman–Crippen LogP) is 2.85. The third-order valence-electron chi connectivity index (χ3n) is 5.37. The molecule has 1 saturated carbocycles. The lowest BCUT2D eigenvalue weighted by Crippen LogP contribution is -2.51. The number of nitrogens with one attached hydrogen (secondary N) is 1. The molecule has 0 radical (unpaired) electrons. The van der Waals surface area contributed by atoms with Crippen molar-refractivity contribution in [2.45, 2.75) is 65.3 Å². The number of hydrogen-bond acceptors (Lipinski definition) is 2. The van der Waals surface area contributed by atoms with Gasteiger partial charge in [0.15, 0.2) is 0 Å². The monoisotopic (exact) mass is 296 g/mol. The van der Waals surface area contributed by atoms with E-state index in [9.17, 15) is 14.7 Å². The van der Waals surface area contributed by atoms with Crippen molar-refractivity contribution in [3.05, 3.63) is 0 Å². The highest BCUT2D eigenvalue weighted by molar-refractivity contribution is 5.79. The van der Waals surface area contributed by atoms with Gasteiger partial charge in [0.05, 0.1) is 5.41 Å². The van der Waals surface area contributed by atoms with Crippen LogP contribution in [-0.2, 0) is 4.79 Å². The minimum absolute atomic E-state index is 0.0907. The number of urea groups is 1. The minimum atomic E-state index is -0.819. The molecule has 0 aromatic carbocycles. The summed E-state index contributed by atoms with van der Waals surface area (Å²) in [5.41, 5.74) is -0.529. The summed E-state index contributed by atoms with van der Waals surface area (Å²) >= 11 is 0. The van der Waals surface area contributed by atoms with E-state index in [1.165, 1.54) is 0 Å². The van der Waals surface area contributed by atoms with Gasteiger partial charge in [0.25, 0.3) is 0 Å². The highest BCUT2D eigenvalue weighted by atomic mass is 16.4. The van der Waals surface area contributed by atoms with Crippen LogP contribution >= 0.6 is 0 Å². The highest BCUT2D eigenvalue weighted by Crippen LogP contribution is 2.38. The third kappa shape index (κ3) is 3.50.